The summed E-state index contributed by atoms with van der Waals surface area (Å²) in [4.78, 5) is 19.9. The van der Waals surface area contributed by atoms with Gasteiger partial charge in [-0.15, -0.1) is 0 Å². The number of esters is 1. The normalized spacial score (nSPS) is 30.6. The fourth-order valence-electron chi connectivity index (χ4n) is 5.54. The van der Waals surface area contributed by atoms with Crippen LogP contribution in [0.2, 0.25) is 0 Å². The molecule has 2 saturated heterocycles. The quantitative estimate of drug-likeness (QED) is 0.324. The van der Waals surface area contributed by atoms with Crippen molar-refractivity contribution in [2.24, 2.45) is 16.8 Å². The van der Waals surface area contributed by atoms with Crippen LogP contribution >= 0.6 is 0 Å². The molecule has 4 unspecified atom stereocenters. The van der Waals surface area contributed by atoms with Crippen molar-refractivity contribution in [3.63, 3.8) is 0 Å². The first-order chi connectivity index (χ1) is 14.5. The van der Waals surface area contributed by atoms with Crippen LogP contribution in [0.1, 0.15) is 37.7 Å². The first-order valence-corrected chi connectivity index (χ1v) is 10.6. The molecule has 6 nitrogen and oxygen atoms in total. The second-order valence-corrected chi connectivity index (χ2v) is 8.38. The Balaban J connectivity index is 1.74. The molecule has 30 heavy (non-hydrogen) atoms. The van der Waals surface area contributed by atoms with E-state index in [0.29, 0.717) is 12.0 Å². The van der Waals surface area contributed by atoms with E-state index in [1.165, 1.54) is 13.4 Å². The number of hydrogen-bond donors (Lipinski definition) is 0. The summed E-state index contributed by atoms with van der Waals surface area (Å²) in [5, 5.41) is 0. The number of carbonyl (C=O) groups is 1. The molecule has 4 rings (SSSR count). The third kappa shape index (κ3) is 3.14. The lowest BCUT2D eigenvalue weighted by atomic mass is 9.56. The highest BCUT2D eigenvalue weighted by molar-refractivity contribution is 6.32. The van der Waals surface area contributed by atoms with Crippen LogP contribution in [-0.2, 0) is 14.3 Å². The average molecular weight is 408 g/mol. The Morgan fingerprint density at radius 2 is 2.17 bits per heavy atom. The summed E-state index contributed by atoms with van der Waals surface area (Å²) in [6, 6.07) is 5.98. The molecule has 4 atom stereocenters. The number of nitrogens with zero attached hydrogens (tertiary/aromatic N) is 2. The Kier molecular flexibility index (Phi) is 5.66. The van der Waals surface area contributed by atoms with Gasteiger partial charge in [0.1, 0.15) is 13.6 Å². The summed E-state index contributed by atoms with van der Waals surface area (Å²) in [6.07, 6.45) is 4.03. The van der Waals surface area contributed by atoms with Crippen LogP contribution in [0.3, 0.4) is 0 Å². The summed E-state index contributed by atoms with van der Waals surface area (Å²) < 4.78 is 15.9. The van der Waals surface area contributed by atoms with Crippen molar-refractivity contribution in [2.75, 3.05) is 34.4 Å². The smallest absolute Gasteiger partial charge is 0.337 e. The minimum Gasteiger partial charge on any atom is -0.504 e. The molecule has 0 aromatic heterocycles. The van der Waals surface area contributed by atoms with Gasteiger partial charge in [0.2, 0.25) is 0 Å². The van der Waals surface area contributed by atoms with Gasteiger partial charge in [-0.05, 0) is 43.4 Å². The second-order valence-electron chi connectivity index (χ2n) is 8.38. The van der Waals surface area contributed by atoms with Gasteiger partial charge < -0.3 is 19.1 Å². The molecule has 2 fully saturated rings. The number of carbonyl (C=O) groups excluding carboxylic acids is 1. The van der Waals surface area contributed by atoms with Gasteiger partial charge in [0.25, 0.3) is 0 Å². The van der Waals surface area contributed by atoms with E-state index in [1.54, 1.807) is 14.2 Å². The fourth-order valence-corrected chi connectivity index (χ4v) is 5.54. The lowest BCUT2D eigenvalue weighted by molar-refractivity contribution is -0.137. The van der Waals surface area contributed by atoms with Crippen molar-refractivity contribution in [1.82, 2.24) is 4.90 Å². The highest BCUT2D eigenvalue weighted by Gasteiger charge is 2.53. The van der Waals surface area contributed by atoms with E-state index in [0.717, 1.165) is 48.6 Å². The van der Waals surface area contributed by atoms with Gasteiger partial charge in [-0.25, -0.2) is 4.79 Å². The third-order valence-corrected chi connectivity index (χ3v) is 7.02. The van der Waals surface area contributed by atoms with Crippen LogP contribution in [0, 0.1) is 11.8 Å². The van der Waals surface area contributed by atoms with E-state index in [2.05, 4.69) is 11.8 Å². The Morgan fingerprint density at radius 1 is 1.37 bits per heavy atom. The summed E-state index contributed by atoms with van der Waals surface area (Å²) >= 11 is 0. The molecule has 1 aromatic rings. The largest absolute Gasteiger partial charge is 0.504 e. The zero-order valence-electron chi connectivity index (χ0n) is 18.2. The van der Waals surface area contributed by atoms with Crippen molar-refractivity contribution in [2.45, 2.75) is 37.5 Å². The van der Waals surface area contributed by atoms with E-state index in [-0.39, 0.29) is 23.7 Å². The van der Waals surface area contributed by atoms with E-state index >= 15 is 0 Å². The first-order valence-electron chi connectivity index (χ1n) is 10.6. The Morgan fingerprint density at radius 3 is 2.83 bits per heavy atom. The molecular formula is C23H29BN2O4. The topological polar surface area (TPSA) is 60.4 Å². The van der Waals surface area contributed by atoms with Crippen LogP contribution < -0.4 is 4.74 Å². The van der Waals surface area contributed by atoms with Crippen LogP contribution in [0.5, 0.6) is 5.75 Å². The van der Waals surface area contributed by atoms with Crippen LogP contribution in [0.4, 0.5) is 5.69 Å². The molecule has 158 valence electrons. The van der Waals surface area contributed by atoms with Gasteiger partial charge in [-0.3, -0.25) is 4.99 Å². The molecule has 3 heterocycles. The average Bonchev–Trinajstić information content (AvgIpc) is 3.16. The van der Waals surface area contributed by atoms with Gasteiger partial charge >= 0.3 is 5.97 Å². The molecule has 0 aliphatic carbocycles. The van der Waals surface area contributed by atoms with Crippen LogP contribution in [0.25, 0.3) is 0 Å². The number of benzene rings is 1. The fraction of sp³-hybridized carbons (Fsp3) is 0.565. The molecule has 7 heteroatoms. The SMILES string of the molecule is [B]C12CC(/C(=C\OC)C(=O)OC)C(CC)CN1CCC1C2=Nc2cccc(OC)c21. The van der Waals surface area contributed by atoms with Gasteiger partial charge in [-0.2, -0.15) is 0 Å². The van der Waals surface area contributed by atoms with Gasteiger partial charge in [0, 0.05) is 29.2 Å². The van der Waals surface area contributed by atoms with Crippen molar-refractivity contribution in [3.05, 3.63) is 35.6 Å². The van der Waals surface area contributed by atoms with E-state index < -0.39 is 5.44 Å². The highest BCUT2D eigenvalue weighted by atomic mass is 16.5. The number of ether oxygens (including phenoxy) is 3. The predicted octanol–water partition coefficient (Wildman–Crippen LogP) is 3.18. The maximum atomic E-state index is 12.5. The van der Waals surface area contributed by atoms with Crippen molar-refractivity contribution in [3.8, 4) is 5.75 Å². The molecule has 0 N–H and O–H groups in total. The molecule has 0 amide bonds. The monoisotopic (exact) mass is 408 g/mol. The standard InChI is InChI=1S/C23H29BN2O4/c1-5-14-12-26-10-9-15-20-18(7-6-8-19(20)29-3)25-21(15)23(26,24)11-16(14)17(13-28-2)22(27)30-4/h6-8,13-16H,5,9-12H2,1-4H3/b17-13+. The number of aliphatic imine (C=N–C) groups is 1. The molecule has 1 aromatic carbocycles. The van der Waals surface area contributed by atoms with Gasteiger partial charge in [0.05, 0.1) is 38.9 Å². The summed E-state index contributed by atoms with van der Waals surface area (Å²) in [5.74, 6) is 0.877. The third-order valence-electron chi connectivity index (χ3n) is 7.02. The lowest BCUT2D eigenvalue weighted by Crippen LogP contribution is -2.65. The molecule has 3 aliphatic heterocycles. The number of methoxy groups -OCH3 is 3. The minimum atomic E-state index is -0.718. The summed E-state index contributed by atoms with van der Waals surface area (Å²) in [5.41, 5.74) is 2.89. The maximum Gasteiger partial charge on any atom is 0.337 e. The van der Waals surface area contributed by atoms with Gasteiger partial charge in [-0.1, -0.05) is 19.4 Å². The number of hydrogen-bond acceptors (Lipinski definition) is 6. The molecule has 0 bridgehead atoms. The zero-order chi connectivity index (χ0) is 21.5. The Hall–Kier alpha value is -2.28. The Labute approximate surface area is 179 Å². The molecular weight excluding hydrogens is 379 g/mol. The Bertz CT molecular complexity index is 899. The maximum absolute atomic E-state index is 12.5. The zero-order valence-corrected chi connectivity index (χ0v) is 18.2. The van der Waals surface area contributed by atoms with Crippen LogP contribution in [0.15, 0.2) is 35.0 Å². The molecule has 0 saturated carbocycles. The first kappa shape index (κ1) is 21.0. The van der Waals surface area contributed by atoms with E-state index in [1.807, 2.05) is 18.2 Å². The number of fused-ring (bicyclic) bond motifs is 5. The molecule has 2 radical (unpaired) electrons. The summed E-state index contributed by atoms with van der Waals surface area (Å²) in [7, 11) is 11.8. The number of rotatable bonds is 5. The van der Waals surface area contributed by atoms with Crippen LogP contribution in [-0.4, -0.2) is 64.3 Å². The van der Waals surface area contributed by atoms with E-state index in [4.69, 9.17) is 27.0 Å². The summed E-state index contributed by atoms with van der Waals surface area (Å²) in [6.45, 7) is 3.86. The minimum absolute atomic E-state index is 0.0595. The predicted molar refractivity (Wildman–Crippen MR) is 117 cm³/mol. The van der Waals surface area contributed by atoms with Crippen molar-refractivity contribution >= 4 is 25.2 Å². The van der Waals surface area contributed by atoms with Gasteiger partial charge in [0.15, 0.2) is 0 Å². The molecule has 0 spiro atoms. The highest BCUT2D eigenvalue weighted by Crippen LogP contribution is 2.52. The number of piperidine rings is 2. The van der Waals surface area contributed by atoms with Crippen molar-refractivity contribution < 1.29 is 19.0 Å². The lowest BCUT2D eigenvalue weighted by Gasteiger charge is -2.55. The molecule has 3 aliphatic rings. The van der Waals surface area contributed by atoms with Crippen molar-refractivity contribution in [1.29, 1.82) is 0 Å². The second kappa shape index (κ2) is 8.10. The van der Waals surface area contributed by atoms with E-state index in [9.17, 15) is 4.79 Å².